The minimum Gasteiger partial charge on any atom is -0.433 e. The first-order chi connectivity index (χ1) is 5.61. The van der Waals surface area contributed by atoms with Crippen LogP contribution in [0.1, 0.15) is 0 Å². The van der Waals surface area contributed by atoms with Crippen LogP contribution in [0.4, 0.5) is 14.6 Å². The molecule has 0 radical (unpaired) electrons. The van der Waals surface area contributed by atoms with E-state index in [2.05, 4.69) is 9.72 Å². The van der Waals surface area contributed by atoms with Gasteiger partial charge in [0.25, 0.3) is 0 Å². The first-order valence-electron chi connectivity index (χ1n) is 2.96. The van der Waals surface area contributed by atoms with Gasteiger partial charge in [-0.1, -0.05) is 11.6 Å². The molecule has 0 atom stereocenters. The second-order valence-corrected chi connectivity index (χ2v) is 2.26. The molecule has 66 valence electrons. The van der Waals surface area contributed by atoms with E-state index >= 15 is 0 Å². The summed E-state index contributed by atoms with van der Waals surface area (Å²) in [5.74, 6) is -0.200. The maximum absolute atomic E-state index is 11.7. The van der Waals surface area contributed by atoms with Crippen molar-refractivity contribution in [2.45, 2.75) is 6.61 Å². The van der Waals surface area contributed by atoms with Gasteiger partial charge in [-0.2, -0.15) is 8.78 Å². The quantitative estimate of drug-likeness (QED) is 0.783. The van der Waals surface area contributed by atoms with Crippen molar-refractivity contribution in [3.8, 4) is 5.75 Å². The van der Waals surface area contributed by atoms with Crippen molar-refractivity contribution >= 4 is 17.4 Å². The van der Waals surface area contributed by atoms with Gasteiger partial charge in [-0.15, -0.1) is 0 Å². The average Bonchev–Trinajstić information content (AvgIpc) is 1.98. The normalized spacial score (nSPS) is 10.3. The maximum Gasteiger partial charge on any atom is 0.387 e. The number of nitrogens with zero attached hydrogens (tertiary/aromatic N) is 1. The molecule has 0 amide bonds. The van der Waals surface area contributed by atoms with Crippen molar-refractivity contribution in [3.05, 3.63) is 17.3 Å². The van der Waals surface area contributed by atoms with Gasteiger partial charge < -0.3 is 10.5 Å². The largest absolute Gasteiger partial charge is 0.433 e. The minimum absolute atomic E-state index is 0.0326. The summed E-state index contributed by atoms with van der Waals surface area (Å²) in [5.41, 5.74) is 5.23. The van der Waals surface area contributed by atoms with Crippen LogP contribution in [0.25, 0.3) is 0 Å². The molecule has 0 aliphatic rings. The van der Waals surface area contributed by atoms with Crippen LogP contribution in [0.15, 0.2) is 12.3 Å². The van der Waals surface area contributed by atoms with Crippen molar-refractivity contribution in [1.82, 2.24) is 4.98 Å². The smallest absolute Gasteiger partial charge is 0.387 e. The van der Waals surface area contributed by atoms with Gasteiger partial charge in [-0.25, -0.2) is 4.98 Å². The summed E-state index contributed by atoms with van der Waals surface area (Å²) in [4.78, 5) is 3.57. The lowest BCUT2D eigenvalue weighted by atomic mass is 10.4. The number of hydrogen-bond donors (Lipinski definition) is 1. The predicted molar refractivity (Wildman–Crippen MR) is 40.3 cm³/mol. The lowest BCUT2D eigenvalue weighted by Crippen LogP contribution is -2.03. The highest BCUT2D eigenvalue weighted by Gasteiger charge is 2.10. The molecule has 1 aromatic rings. The Kier molecular flexibility index (Phi) is 2.65. The number of rotatable bonds is 2. The fourth-order valence-electron chi connectivity index (χ4n) is 0.628. The molecule has 2 N–H and O–H groups in total. The Hall–Kier alpha value is -1.10. The first-order valence-corrected chi connectivity index (χ1v) is 3.34. The highest BCUT2D eigenvalue weighted by Crippen LogP contribution is 2.28. The predicted octanol–water partition coefficient (Wildman–Crippen LogP) is 1.92. The van der Waals surface area contributed by atoms with E-state index in [1.54, 1.807) is 0 Å². The molecular formula is C6H5ClF2N2O. The van der Waals surface area contributed by atoms with Gasteiger partial charge in [0.2, 0.25) is 0 Å². The molecule has 0 spiro atoms. The van der Waals surface area contributed by atoms with Crippen LogP contribution in [-0.4, -0.2) is 11.6 Å². The molecule has 0 fully saturated rings. The molecule has 0 saturated heterocycles. The molecule has 1 heterocycles. The molecule has 0 aromatic carbocycles. The SMILES string of the molecule is Nc1nccc(OC(F)F)c1Cl. The van der Waals surface area contributed by atoms with Crippen LogP contribution in [0.5, 0.6) is 5.75 Å². The molecule has 0 saturated carbocycles. The number of nitrogen functional groups attached to an aromatic ring is 1. The van der Waals surface area contributed by atoms with Crippen molar-refractivity contribution in [1.29, 1.82) is 0 Å². The molecule has 1 aromatic heterocycles. The number of ether oxygens (including phenoxy) is 1. The third-order valence-electron chi connectivity index (χ3n) is 1.10. The van der Waals surface area contributed by atoms with Gasteiger partial charge in [0.1, 0.15) is 16.6 Å². The Morgan fingerprint density at radius 3 is 2.83 bits per heavy atom. The zero-order chi connectivity index (χ0) is 9.14. The number of alkyl halides is 2. The second kappa shape index (κ2) is 3.53. The Bertz CT molecular complexity index is 282. The van der Waals surface area contributed by atoms with E-state index in [9.17, 15) is 8.78 Å². The summed E-state index contributed by atoms with van der Waals surface area (Å²) in [6.45, 7) is -2.91. The lowest BCUT2D eigenvalue weighted by Gasteiger charge is -2.06. The van der Waals surface area contributed by atoms with Crippen LogP contribution in [0, 0.1) is 0 Å². The van der Waals surface area contributed by atoms with E-state index in [1.165, 1.54) is 12.3 Å². The van der Waals surface area contributed by atoms with Gasteiger partial charge in [-0.3, -0.25) is 0 Å². The Morgan fingerprint density at radius 1 is 1.58 bits per heavy atom. The molecule has 0 bridgehead atoms. The molecule has 1 rings (SSSR count). The fraction of sp³-hybridized carbons (Fsp3) is 0.167. The van der Waals surface area contributed by atoms with Crippen LogP contribution in [0.3, 0.4) is 0 Å². The zero-order valence-corrected chi connectivity index (χ0v) is 6.55. The van der Waals surface area contributed by atoms with Crippen molar-refractivity contribution in [3.63, 3.8) is 0 Å². The third-order valence-corrected chi connectivity index (χ3v) is 1.48. The average molecular weight is 195 g/mol. The Labute approximate surface area is 72.1 Å². The van der Waals surface area contributed by atoms with Crippen LogP contribution in [0.2, 0.25) is 5.02 Å². The van der Waals surface area contributed by atoms with E-state index in [-0.39, 0.29) is 16.6 Å². The summed E-state index contributed by atoms with van der Waals surface area (Å²) in [6.07, 6.45) is 1.24. The van der Waals surface area contributed by atoms with Crippen molar-refractivity contribution in [2.75, 3.05) is 5.73 Å². The summed E-state index contributed by atoms with van der Waals surface area (Å²) in [5, 5.41) is -0.0993. The summed E-state index contributed by atoms with van der Waals surface area (Å²) in [6, 6.07) is 1.21. The summed E-state index contributed by atoms with van der Waals surface area (Å²) < 4.78 is 27.4. The Balaban J connectivity index is 2.92. The first kappa shape index (κ1) is 8.99. The standard InChI is InChI=1S/C6H5ClF2N2O/c7-4-3(12-6(8)9)1-2-11-5(4)10/h1-2,6H,(H2,10,11). The highest BCUT2D eigenvalue weighted by molar-refractivity contribution is 6.34. The molecule has 3 nitrogen and oxygen atoms in total. The highest BCUT2D eigenvalue weighted by atomic mass is 35.5. The maximum atomic E-state index is 11.7. The monoisotopic (exact) mass is 194 g/mol. The molecule has 0 aliphatic carbocycles. The van der Waals surface area contributed by atoms with Crippen LogP contribution in [-0.2, 0) is 0 Å². The topological polar surface area (TPSA) is 48.1 Å². The van der Waals surface area contributed by atoms with E-state index < -0.39 is 6.61 Å². The zero-order valence-electron chi connectivity index (χ0n) is 5.80. The number of nitrogens with two attached hydrogens (primary N) is 1. The van der Waals surface area contributed by atoms with Crippen molar-refractivity contribution in [2.24, 2.45) is 0 Å². The number of halogens is 3. The fourth-order valence-corrected chi connectivity index (χ4v) is 0.785. The molecular weight excluding hydrogens is 190 g/mol. The van der Waals surface area contributed by atoms with E-state index in [1.807, 2.05) is 0 Å². The van der Waals surface area contributed by atoms with Gasteiger partial charge >= 0.3 is 6.61 Å². The van der Waals surface area contributed by atoms with Crippen LogP contribution >= 0.6 is 11.6 Å². The van der Waals surface area contributed by atoms with Gasteiger partial charge in [-0.05, 0) is 0 Å². The summed E-state index contributed by atoms with van der Waals surface area (Å²) in [7, 11) is 0. The second-order valence-electron chi connectivity index (χ2n) is 1.89. The molecule has 6 heteroatoms. The van der Waals surface area contributed by atoms with Crippen LogP contribution < -0.4 is 10.5 Å². The van der Waals surface area contributed by atoms with Crippen molar-refractivity contribution < 1.29 is 13.5 Å². The minimum atomic E-state index is -2.91. The number of anilines is 1. The number of hydrogen-bond acceptors (Lipinski definition) is 3. The molecule has 0 aliphatic heterocycles. The van der Waals surface area contributed by atoms with Gasteiger partial charge in [0.15, 0.2) is 0 Å². The lowest BCUT2D eigenvalue weighted by molar-refractivity contribution is -0.0497. The number of aromatic nitrogens is 1. The number of pyridine rings is 1. The summed E-state index contributed by atoms with van der Waals surface area (Å²) >= 11 is 5.49. The third kappa shape index (κ3) is 1.94. The Morgan fingerprint density at radius 2 is 2.25 bits per heavy atom. The van der Waals surface area contributed by atoms with Gasteiger partial charge in [0.05, 0.1) is 0 Å². The van der Waals surface area contributed by atoms with E-state index in [4.69, 9.17) is 17.3 Å². The molecule has 12 heavy (non-hydrogen) atoms. The molecule has 0 unspecified atom stereocenters. The van der Waals surface area contributed by atoms with E-state index in [0.717, 1.165) is 0 Å². The van der Waals surface area contributed by atoms with Gasteiger partial charge in [0, 0.05) is 12.3 Å². The van der Waals surface area contributed by atoms with E-state index in [0.29, 0.717) is 0 Å².